The van der Waals surface area contributed by atoms with Crippen LogP contribution in [0.2, 0.25) is 0 Å². The van der Waals surface area contributed by atoms with E-state index in [1.807, 2.05) is 32.9 Å². The van der Waals surface area contributed by atoms with Gasteiger partial charge < -0.3 is 10.1 Å². The molecule has 1 heterocycles. The minimum atomic E-state index is -3.53. The summed E-state index contributed by atoms with van der Waals surface area (Å²) in [4.78, 5) is 13.0. The monoisotopic (exact) mass is 416 g/mol. The van der Waals surface area contributed by atoms with Gasteiger partial charge in [-0.2, -0.15) is 0 Å². The lowest BCUT2D eigenvalue weighted by Crippen LogP contribution is -2.51. The standard InChI is InChI=1S/C22H28N2O4S/c1-5-18(17-12-11-15(3)13-16(17)4)23-22(25)21-14-24(29(26,27)6-2)19-9-7-8-10-20(19)28-21/h7-13,18,21H,5-6,14H2,1-4H3,(H,23,25)/t18-,21-/m1/s1. The van der Waals surface area contributed by atoms with Crippen LogP contribution in [0.25, 0.3) is 0 Å². The number of nitrogens with zero attached hydrogens (tertiary/aromatic N) is 1. The highest BCUT2D eigenvalue weighted by Gasteiger charge is 2.36. The number of ether oxygens (including phenoxy) is 1. The lowest BCUT2D eigenvalue weighted by atomic mass is 9.97. The van der Waals surface area contributed by atoms with Gasteiger partial charge in [0.25, 0.3) is 5.91 Å². The fraction of sp³-hybridized carbons (Fsp3) is 0.409. The highest BCUT2D eigenvalue weighted by Crippen LogP contribution is 2.35. The van der Waals surface area contributed by atoms with Crippen LogP contribution >= 0.6 is 0 Å². The van der Waals surface area contributed by atoms with Gasteiger partial charge in [0.15, 0.2) is 6.10 Å². The first-order valence-corrected chi connectivity index (χ1v) is 11.5. The number of nitrogens with one attached hydrogen (secondary N) is 1. The van der Waals surface area contributed by atoms with E-state index in [1.165, 1.54) is 9.87 Å². The molecule has 1 N–H and O–H groups in total. The number of aryl methyl sites for hydroxylation is 2. The summed E-state index contributed by atoms with van der Waals surface area (Å²) in [5.41, 5.74) is 3.81. The number of sulfonamides is 1. The van der Waals surface area contributed by atoms with E-state index in [0.717, 1.165) is 17.5 Å². The van der Waals surface area contributed by atoms with Crippen molar-refractivity contribution in [1.82, 2.24) is 5.32 Å². The van der Waals surface area contributed by atoms with Crippen LogP contribution in [-0.4, -0.2) is 32.7 Å². The molecule has 156 valence electrons. The third-order valence-corrected chi connectivity index (χ3v) is 7.00. The maximum absolute atomic E-state index is 13.0. The van der Waals surface area contributed by atoms with Crippen molar-refractivity contribution in [2.75, 3.05) is 16.6 Å². The van der Waals surface area contributed by atoms with Crippen LogP contribution < -0.4 is 14.4 Å². The second kappa shape index (κ2) is 8.45. The Balaban J connectivity index is 1.85. The van der Waals surface area contributed by atoms with E-state index in [4.69, 9.17) is 4.74 Å². The zero-order chi connectivity index (χ0) is 21.2. The number of para-hydroxylation sites is 2. The Morgan fingerprint density at radius 1 is 1.21 bits per heavy atom. The summed E-state index contributed by atoms with van der Waals surface area (Å²) >= 11 is 0. The van der Waals surface area contributed by atoms with Crippen LogP contribution in [0.1, 0.15) is 43.0 Å². The van der Waals surface area contributed by atoms with Gasteiger partial charge in [0.1, 0.15) is 5.75 Å². The molecule has 0 saturated heterocycles. The number of hydrogen-bond donors (Lipinski definition) is 1. The maximum Gasteiger partial charge on any atom is 0.263 e. The maximum atomic E-state index is 13.0. The number of amides is 1. The fourth-order valence-electron chi connectivity index (χ4n) is 3.64. The number of benzene rings is 2. The molecule has 1 aliphatic heterocycles. The van der Waals surface area contributed by atoms with Gasteiger partial charge in [-0.25, -0.2) is 8.42 Å². The van der Waals surface area contributed by atoms with Crippen LogP contribution in [-0.2, 0) is 14.8 Å². The van der Waals surface area contributed by atoms with Gasteiger partial charge in [-0.1, -0.05) is 42.8 Å². The second-order valence-corrected chi connectivity index (χ2v) is 9.52. The molecular weight excluding hydrogens is 388 g/mol. The summed E-state index contributed by atoms with van der Waals surface area (Å²) < 4.78 is 32.4. The van der Waals surface area contributed by atoms with Crippen molar-refractivity contribution in [3.8, 4) is 5.75 Å². The van der Waals surface area contributed by atoms with Gasteiger partial charge >= 0.3 is 0 Å². The Kier molecular flexibility index (Phi) is 6.17. The molecule has 2 atom stereocenters. The van der Waals surface area contributed by atoms with E-state index >= 15 is 0 Å². The van der Waals surface area contributed by atoms with Crippen molar-refractivity contribution in [3.63, 3.8) is 0 Å². The molecule has 7 heteroatoms. The SMILES string of the molecule is CC[C@@H](NC(=O)[C@H]1CN(S(=O)(=O)CC)c2ccccc2O1)c1ccc(C)cc1C. The summed E-state index contributed by atoms with van der Waals surface area (Å²) in [5, 5.41) is 3.05. The first-order chi connectivity index (χ1) is 13.8. The number of anilines is 1. The lowest BCUT2D eigenvalue weighted by Gasteiger charge is -2.35. The van der Waals surface area contributed by atoms with Gasteiger partial charge in [-0.3, -0.25) is 9.10 Å². The zero-order valence-electron chi connectivity index (χ0n) is 17.3. The quantitative estimate of drug-likeness (QED) is 0.782. The average Bonchev–Trinajstić information content (AvgIpc) is 2.71. The number of rotatable bonds is 6. The fourth-order valence-corrected chi connectivity index (χ4v) is 4.76. The predicted octanol–water partition coefficient (Wildman–Crippen LogP) is 3.49. The Hall–Kier alpha value is -2.54. The van der Waals surface area contributed by atoms with Crippen LogP contribution in [0.4, 0.5) is 5.69 Å². The van der Waals surface area contributed by atoms with Crippen molar-refractivity contribution in [2.24, 2.45) is 0 Å². The first-order valence-electron chi connectivity index (χ1n) is 9.90. The molecule has 0 radical (unpaired) electrons. The van der Waals surface area contributed by atoms with Gasteiger partial charge in [0.2, 0.25) is 10.0 Å². The van der Waals surface area contributed by atoms with Crippen molar-refractivity contribution < 1.29 is 17.9 Å². The normalized spacial score (nSPS) is 17.2. The van der Waals surface area contributed by atoms with Crippen LogP contribution in [0, 0.1) is 13.8 Å². The minimum absolute atomic E-state index is 0.0394. The summed E-state index contributed by atoms with van der Waals surface area (Å²) in [6, 6.07) is 12.9. The molecule has 0 fully saturated rings. The second-order valence-electron chi connectivity index (χ2n) is 7.34. The van der Waals surface area contributed by atoms with Gasteiger partial charge in [0.05, 0.1) is 24.0 Å². The van der Waals surface area contributed by atoms with E-state index in [-0.39, 0.29) is 24.2 Å². The lowest BCUT2D eigenvalue weighted by molar-refractivity contribution is -0.128. The Morgan fingerprint density at radius 3 is 2.59 bits per heavy atom. The molecule has 3 rings (SSSR count). The minimum Gasteiger partial charge on any atom is -0.476 e. The molecule has 0 bridgehead atoms. The third kappa shape index (κ3) is 4.40. The first kappa shape index (κ1) is 21.2. The average molecular weight is 417 g/mol. The summed E-state index contributed by atoms with van der Waals surface area (Å²) in [7, 11) is -3.53. The Morgan fingerprint density at radius 2 is 1.93 bits per heavy atom. The molecule has 0 aliphatic carbocycles. The van der Waals surface area contributed by atoms with Crippen LogP contribution in [0.15, 0.2) is 42.5 Å². The van der Waals surface area contributed by atoms with Crippen molar-refractivity contribution >= 4 is 21.6 Å². The molecule has 0 spiro atoms. The highest BCUT2D eigenvalue weighted by molar-refractivity contribution is 7.92. The Labute approximate surface area is 172 Å². The van der Waals surface area contributed by atoms with Crippen LogP contribution in [0.5, 0.6) is 5.75 Å². The van der Waals surface area contributed by atoms with Crippen molar-refractivity contribution in [2.45, 2.75) is 46.3 Å². The van der Waals surface area contributed by atoms with Crippen molar-refractivity contribution in [3.05, 3.63) is 59.2 Å². The number of carbonyl (C=O) groups excluding carboxylic acids is 1. The molecule has 0 unspecified atom stereocenters. The number of carbonyl (C=O) groups is 1. The van der Waals surface area contributed by atoms with Crippen molar-refractivity contribution in [1.29, 1.82) is 0 Å². The predicted molar refractivity (Wildman–Crippen MR) is 115 cm³/mol. The van der Waals surface area contributed by atoms with Gasteiger partial charge in [-0.15, -0.1) is 0 Å². The molecule has 29 heavy (non-hydrogen) atoms. The van der Waals surface area contributed by atoms with E-state index in [9.17, 15) is 13.2 Å². The van der Waals surface area contributed by atoms with E-state index < -0.39 is 16.1 Å². The molecule has 1 aliphatic rings. The highest BCUT2D eigenvalue weighted by atomic mass is 32.2. The van der Waals surface area contributed by atoms with E-state index in [0.29, 0.717) is 11.4 Å². The van der Waals surface area contributed by atoms with E-state index in [1.54, 1.807) is 31.2 Å². The van der Waals surface area contributed by atoms with Gasteiger partial charge in [0, 0.05) is 0 Å². The van der Waals surface area contributed by atoms with Crippen LogP contribution in [0.3, 0.4) is 0 Å². The molecule has 1 amide bonds. The molecular formula is C22H28N2O4S. The molecule has 0 aromatic heterocycles. The number of hydrogen-bond acceptors (Lipinski definition) is 4. The zero-order valence-corrected chi connectivity index (χ0v) is 18.1. The van der Waals surface area contributed by atoms with Gasteiger partial charge in [-0.05, 0) is 50.5 Å². The topological polar surface area (TPSA) is 75.7 Å². The Bertz CT molecular complexity index is 1000. The molecule has 2 aromatic carbocycles. The summed E-state index contributed by atoms with van der Waals surface area (Å²) in [6.07, 6.45) is -0.193. The summed E-state index contributed by atoms with van der Waals surface area (Å²) in [6.45, 7) is 7.62. The molecule has 2 aromatic rings. The smallest absolute Gasteiger partial charge is 0.263 e. The molecule has 0 saturated carbocycles. The summed E-state index contributed by atoms with van der Waals surface area (Å²) in [5.74, 6) is 0.0358. The third-order valence-electron chi connectivity index (χ3n) is 5.25. The molecule has 6 nitrogen and oxygen atoms in total. The number of fused-ring (bicyclic) bond motifs is 1. The van der Waals surface area contributed by atoms with E-state index in [2.05, 4.69) is 11.4 Å². The largest absolute Gasteiger partial charge is 0.476 e.